The zero-order valence-corrected chi connectivity index (χ0v) is 7.00. The second kappa shape index (κ2) is 2.62. The zero-order valence-electron chi connectivity index (χ0n) is 7.00. The summed E-state index contributed by atoms with van der Waals surface area (Å²) >= 11 is 0. The molecule has 0 spiro atoms. The summed E-state index contributed by atoms with van der Waals surface area (Å²) in [6.45, 7) is 2.13. The number of amides is 2. The molecule has 0 aromatic heterocycles. The van der Waals surface area contributed by atoms with E-state index in [1.165, 1.54) is 11.9 Å². The molecule has 1 fully saturated rings. The SMILES string of the molecule is CC1C(=O)N(C)C(=O)CN1C. The minimum Gasteiger partial charge on any atom is -0.286 e. The van der Waals surface area contributed by atoms with E-state index in [0.717, 1.165) is 0 Å². The predicted molar refractivity (Wildman–Crippen MR) is 39.9 cm³/mol. The van der Waals surface area contributed by atoms with Crippen molar-refractivity contribution in [1.29, 1.82) is 0 Å². The summed E-state index contributed by atoms with van der Waals surface area (Å²) in [5.74, 6) is -0.251. The van der Waals surface area contributed by atoms with Crippen molar-refractivity contribution in [3.05, 3.63) is 0 Å². The average molecular weight is 156 g/mol. The van der Waals surface area contributed by atoms with E-state index in [1.54, 1.807) is 18.9 Å². The average Bonchev–Trinajstić information content (AvgIpc) is 1.97. The third-order valence-corrected chi connectivity index (χ3v) is 2.11. The molecule has 0 aliphatic carbocycles. The molecule has 0 radical (unpaired) electrons. The minimum absolute atomic E-state index is 0.122. The number of piperazine rings is 1. The van der Waals surface area contributed by atoms with Crippen molar-refractivity contribution in [3.63, 3.8) is 0 Å². The van der Waals surface area contributed by atoms with Crippen LogP contribution in [0.15, 0.2) is 0 Å². The number of carbonyl (C=O) groups excluding carboxylic acids is 2. The maximum absolute atomic E-state index is 11.2. The number of nitrogens with zero attached hydrogens (tertiary/aromatic N) is 2. The van der Waals surface area contributed by atoms with Crippen molar-refractivity contribution < 1.29 is 9.59 Å². The van der Waals surface area contributed by atoms with E-state index in [4.69, 9.17) is 0 Å². The van der Waals surface area contributed by atoms with Crippen LogP contribution < -0.4 is 0 Å². The van der Waals surface area contributed by atoms with Gasteiger partial charge in [-0.05, 0) is 14.0 Å². The third kappa shape index (κ3) is 1.26. The first-order chi connectivity index (χ1) is 5.04. The van der Waals surface area contributed by atoms with Gasteiger partial charge in [0.05, 0.1) is 12.6 Å². The number of rotatable bonds is 0. The first kappa shape index (κ1) is 8.20. The summed E-state index contributed by atoms with van der Waals surface area (Å²) in [5, 5.41) is 0. The quantitative estimate of drug-likeness (QED) is 0.436. The molecule has 1 atom stereocenters. The fourth-order valence-corrected chi connectivity index (χ4v) is 1.05. The molecular formula is C7H12N2O2. The first-order valence-corrected chi connectivity index (χ1v) is 3.54. The molecule has 0 bridgehead atoms. The van der Waals surface area contributed by atoms with E-state index >= 15 is 0 Å². The molecule has 0 aromatic rings. The highest BCUT2D eigenvalue weighted by Crippen LogP contribution is 2.07. The molecule has 0 aromatic carbocycles. The molecule has 4 heteroatoms. The Hall–Kier alpha value is -0.900. The van der Waals surface area contributed by atoms with Crippen LogP contribution in [0.2, 0.25) is 0 Å². The van der Waals surface area contributed by atoms with Gasteiger partial charge in [-0.2, -0.15) is 0 Å². The Morgan fingerprint density at radius 2 is 1.91 bits per heavy atom. The highest BCUT2D eigenvalue weighted by atomic mass is 16.2. The molecule has 4 nitrogen and oxygen atoms in total. The molecular weight excluding hydrogens is 144 g/mol. The maximum atomic E-state index is 11.2. The third-order valence-electron chi connectivity index (χ3n) is 2.11. The van der Waals surface area contributed by atoms with Crippen molar-refractivity contribution in [2.45, 2.75) is 13.0 Å². The molecule has 2 amide bonds. The number of carbonyl (C=O) groups is 2. The molecule has 0 N–H and O–H groups in total. The van der Waals surface area contributed by atoms with E-state index in [9.17, 15) is 9.59 Å². The smallest absolute Gasteiger partial charge is 0.246 e. The van der Waals surface area contributed by atoms with Crippen molar-refractivity contribution in [1.82, 2.24) is 9.80 Å². The number of hydrogen-bond acceptors (Lipinski definition) is 3. The van der Waals surface area contributed by atoms with Crippen molar-refractivity contribution >= 4 is 11.8 Å². The molecule has 1 rings (SSSR count). The molecule has 62 valence electrons. The van der Waals surface area contributed by atoms with Crippen LogP contribution in [0, 0.1) is 0 Å². The predicted octanol–water partition coefficient (Wildman–Crippen LogP) is -0.695. The first-order valence-electron chi connectivity index (χ1n) is 3.54. The Balaban J connectivity index is 2.79. The number of likely N-dealkylation sites (N-methyl/N-ethyl adjacent to an activating group) is 2. The lowest BCUT2D eigenvalue weighted by molar-refractivity contribution is -0.152. The minimum atomic E-state index is -0.169. The van der Waals surface area contributed by atoms with Crippen LogP contribution in [-0.4, -0.2) is 48.3 Å². The van der Waals surface area contributed by atoms with Crippen LogP contribution >= 0.6 is 0 Å². The van der Waals surface area contributed by atoms with E-state index in [2.05, 4.69) is 0 Å². The molecule has 1 unspecified atom stereocenters. The largest absolute Gasteiger partial charge is 0.286 e. The summed E-state index contributed by atoms with van der Waals surface area (Å²) in [6.07, 6.45) is 0. The van der Waals surface area contributed by atoms with Gasteiger partial charge in [0.25, 0.3) is 0 Å². The van der Waals surface area contributed by atoms with Gasteiger partial charge in [-0.15, -0.1) is 0 Å². The van der Waals surface area contributed by atoms with E-state index in [1.807, 2.05) is 0 Å². The van der Waals surface area contributed by atoms with Gasteiger partial charge in [0.2, 0.25) is 11.8 Å². The Labute approximate surface area is 65.8 Å². The van der Waals surface area contributed by atoms with Gasteiger partial charge in [0.1, 0.15) is 0 Å². The van der Waals surface area contributed by atoms with Crippen LogP contribution in [0.4, 0.5) is 0 Å². The Bertz CT molecular complexity index is 203. The van der Waals surface area contributed by atoms with Crippen LogP contribution in [0.5, 0.6) is 0 Å². The lowest BCUT2D eigenvalue weighted by Gasteiger charge is -2.32. The highest BCUT2D eigenvalue weighted by molar-refractivity contribution is 6.00. The Morgan fingerprint density at radius 3 is 2.45 bits per heavy atom. The maximum Gasteiger partial charge on any atom is 0.246 e. The van der Waals surface area contributed by atoms with E-state index in [0.29, 0.717) is 6.54 Å². The molecule has 1 saturated heterocycles. The fourth-order valence-electron chi connectivity index (χ4n) is 1.05. The van der Waals surface area contributed by atoms with Crippen molar-refractivity contribution in [3.8, 4) is 0 Å². The highest BCUT2D eigenvalue weighted by Gasteiger charge is 2.32. The Morgan fingerprint density at radius 1 is 1.36 bits per heavy atom. The van der Waals surface area contributed by atoms with Gasteiger partial charge >= 0.3 is 0 Å². The molecule has 1 aliphatic rings. The molecule has 1 aliphatic heterocycles. The topological polar surface area (TPSA) is 40.6 Å². The zero-order chi connectivity index (χ0) is 8.59. The molecule has 1 heterocycles. The summed E-state index contributed by atoms with van der Waals surface area (Å²) in [5.41, 5.74) is 0. The molecule has 11 heavy (non-hydrogen) atoms. The van der Waals surface area contributed by atoms with Crippen molar-refractivity contribution in [2.24, 2.45) is 0 Å². The molecule has 0 saturated carbocycles. The van der Waals surface area contributed by atoms with Crippen LogP contribution in [0.25, 0.3) is 0 Å². The van der Waals surface area contributed by atoms with E-state index < -0.39 is 0 Å². The second-order valence-corrected chi connectivity index (χ2v) is 2.88. The van der Waals surface area contributed by atoms with Crippen LogP contribution in [0.3, 0.4) is 0 Å². The lowest BCUT2D eigenvalue weighted by Crippen LogP contribution is -2.55. The van der Waals surface area contributed by atoms with Crippen LogP contribution in [0.1, 0.15) is 6.92 Å². The Kier molecular flexibility index (Phi) is 1.95. The van der Waals surface area contributed by atoms with Gasteiger partial charge in [0, 0.05) is 7.05 Å². The van der Waals surface area contributed by atoms with Crippen LogP contribution in [-0.2, 0) is 9.59 Å². The van der Waals surface area contributed by atoms with Gasteiger partial charge in [0.15, 0.2) is 0 Å². The normalized spacial score (nSPS) is 27.9. The summed E-state index contributed by atoms with van der Waals surface area (Å²) in [7, 11) is 3.29. The summed E-state index contributed by atoms with van der Waals surface area (Å²) < 4.78 is 0. The fraction of sp³-hybridized carbons (Fsp3) is 0.714. The van der Waals surface area contributed by atoms with Gasteiger partial charge < -0.3 is 0 Å². The van der Waals surface area contributed by atoms with E-state index in [-0.39, 0.29) is 17.9 Å². The van der Waals surface area contributed by atoms with Crippen molar-refractivity contribution in [2.75, 3.05) is 20.6 Å². The lowest BCUT2D eigenvalue weighted by atomic mass is 10.2. The monoisotopic (exact) mass is 156 g/mol. The summed E-state index contributed by atoms with van der Waals surface area (Å²) in [6, 6.07) is -0.169. The van der Waals surface area contributed by atoms with Gasteiger partial charge in [-0.1, -0.05) is 0 Å². The number of hydrogen-bond donors (Lipinski definition) is 0. The summed E-state index contributed by atoms with van der Waals surface area (Å²) in [4.78, 5) is 25.2. The standard InChI is InChI=1S/C7H12N2O2/c1-5-7(11)9(3)6(10)4-8(5)2/h5H,4H2,1-3H3. The number of imide groups is 1. The van der Waals surface area contributed by atoms with Gasteiger partial charge in [-0.3, -0.25) is 19.4 Å². The van der Waals surface area contributed by atoms with Gasteiger partial charge in [-0.25, -0.2) is 0 Å². The second-order valence-electron chi connectivity index (χ2n) is 2.88.